The van der Waals surface area contributed by atoms with Crippen LogP contribution in [0.15, 0.2) is 30.3 Å². The quantitative estimate of drug-likeness (QED) is 0.751. The molecule has 0 aliphatic rings. The standard InChI is InChI=1S/C11H14O2S/c1-11(2,9(14)10(12)13)8-6-4-3-5-7-8/h3-7,9,14H,1-2H3,(H,12,13). The number of rotatable bonds is 3. The van der Waals surface area contributed by atoms with Gasteiger partial charge in [-0.2, -0.15) is 12.6 Å². The maximum absolute atomic E-state index is 10.8. The highest BCUT2D eigenvalue weighted by atomic mass is 32.1. The molecule has 0 saturated heterocycles. The molecule has 0 saturated carbocycles. The number of hydrogen-bond acceptors (Lipinski definition) is 2. The Morgan fingerprint density at radius 3 is 2.29 bits per heavy atom. The number of thiol groups is 1. The molecule has 2 nitrogen and oxygen atoms in total. The van der Waals surface area contributed by atoms with Crippen molar-refractivity contribution in [2.45, 2.75) is 24.5 Å². The van der Waals surface area contributed by atoms with Gasteiger partial charge < -0.3 is 5.11 Å². The van der Waals surface area contributed by atoms with Crippen LogP contribution < -0.4 is 0 Å². The molecule has 0 spiro atoms. The molecular weight excluding hydrogens is 196 g/mol. The Kier molecular flexibility index (Phi) is 3.21. The Bertz CT molecular complexity index is 319. The zero-order valence-corrected chi connectivity index (χ0v) is 9.16. The van der Waals surface area contributed by atoms with E-state index in [9.17, 15) is 4.79 Å². The zero-order chi connectivity index (χ0) is 10.8. The zero-order valence-electron chi connectivity index (χ0n) is 8.27. The predicted octanol–water partition coefficient (Wildman–Crippen LogP) is 2.35. The molecule has 1 aromatic rings. The number of hydrogen-bond donors (Lipinski definition) is 2. The van der Waals surface area contributed by atoms with Crippen molar-refractivity contribution in [2.75, 3.05) is 0 Å². The van der Waals surface area contributed by atoms with Crippen LogP contribution in [0.3, 0.4) is 0 Å². The summed E-state index contributed by atoms with van der Waals surface area (Å²) in [6.07, 6.45) is 0. The van der Waals surface area contributed by atoms with Crippen LogP contribution in [0, 0.1) is 0 Å². The molecular formula is C11H14O2S. The summed E-state index contributed by atoms with van der Waals surface area (Å²) in [5, 5.41) is 8.21. The van der Waals surface area contributed by atoms with Gasteiger partial charge in [0.15, 0.2) is 0 Å². The highest BCUT2D eigenvalue weighted by Gasteiger charge is 2.33. The molecule has 1 N–H and O–H groups in total. The van der Waals surface area contributed by atoms with Crippen LogP contribution in [0.1, 0.15) is 19.4 Å². The molecule has 0 bridgehead atoms. The van der Waals surface area contributed by atoms with Gasteiger partial charge in [-0.3, -0.25) is 4.79 Å². The van der Waals surface area contributed by atoms with Crippen molar-refractivity contribution in [2.24, 2.45) is 0 Å². The summed E-state index contributed by atoms with van der Waals surface area (Å²) in [5.74, 6) is -0.887. The van der Waals surface area contributed by atoms with E-state index in [1.54, 1.807) is 0 Å². The SMILES string of the molecule is CC(C)(c1ccccc1)C(S)C(=O)O. The molecule has 0 aromatic heterocycles. The number of carbonyl (C=O) groups is 1. The van der Waals surface area contributed by atoms with Crippen molar-refractivity contribution in [1.29, 1.82) is 0 Å². The van der Waals surface area contributed by atoms with Crippen LogP contribution in [0.25, 0.3) is 0 Å². The fourth-order valence-corrected chi connectivity index (χ4v) is 1.48. The van der Waals surface area contributed by atoms with Crippen LogP contribution in [-0.4, -0.2) is 16.3 Å². The lowest BCUT2D eigenvalue weighted by molar-refractivity contribution is -0.137. The summed E-state index contributed by atoms with van der Waals surface area (Å²) in [7, 11) is 0. The fraction of sp³-hybridized carbons (Fsp3) is 0.364. The largest absolute Gasteiger partial charge is 0.480 e. The van der Waals surface area contributed by atoms with Gasteiger partial charge in [0.1, 0.15) is 5.25 Å². The third kappa shape index (κ3) is 2.10. The Hall–Kier alpha value is -0.960. The maximum Gasteiger partial charge on any atom is 0.317 e. The number of carboxylic acid groups (broad SMARTS) is 1. The lowest BCUT2D eigenvalue weighted by Crippen LogP contribution is -2.35. The third-order valence-electron chi connectivity index (χ3n) is 2.44. The number of aliphatic carboxylic acids is 1. The molecule has 1 unspecified atom stereocenters. The molecule has 0 amide bonds. The number of carboxylic acids is 1. The Morgan fingerprint density at radius 1 is 1.36 bits per heavy atom. The van der Waals surface area contributed by atoms with E-state index in [-0.39, 0.29) is 0 Å². The van der Waals surface area contributed by atoms with Gasteiger partial charge in [0.2, 0.25) is 0 Å². The summed E-state index contributed by atoms with van der Waals surface area (Å²) in [5.41, 5.74) is 0.526. The molecule has 0 heterocycles. The van der Waals surface area contributed by atoms with Gasteiger partial charge in [-0.1, -0.05) is 44.2 Å². The summed E-state index contributed by atoms with van der Waals surface area (Å²) in [6.45, 7) is 3.77. The van der Waals surface area contributed by atoms with E-state index in [4.69, 9.17) is 5.11 Å². The minimum Gasteiger partial charge on any atom is -0.480 e. The highest BCUT2D eigenvalue weighted by Crippen LogP contribution is 2.30. The van der Waals surface area contributed by atoms with Crippen LogP contribution in [0.2, 0.25) is 0 Å². The molecule has 0 fully saturated rings. The van der Waals surface area contributed by atoms with E-state index < -0.39 is 16.6 Å². The van der Waals surface area contributed by atoms with E-state index in [1.165, 1.54) is 0 Å². The monoisotopic (exact) mass is 210 g/mol. The molecule has 0 aliphatic heterocycles. The minimum absolute atomic E-state index is 0.462. The molecule has 1 aromatic carbocycles. The summed E-state index contributed by atoms with van der Waals surface area (Å²) in [4.78, 5) is 10.8. The Labute approximate surface area is 89.4 Å². The van der Waals surface area contributed by atoms with Gasteiger partial charge in [-0.05, 0) is 5.56 Å². The van der Waals surface area contributed by atoms with E-state index in [2.05, 4.69) is 12.6 Å². The smallest absolute Gasteiger partial charge is 0.317 e. The van der Waals surface area contributed by atoms with Crippen LogP contribution >= 0.6 is 12.6 Å². The van der Waals surface area contributed by atoms with Crippen molar-refractivity contribution in [1.82, 2.24) is 0 Å². The van der Waals surface area contributed by atoms with Gasteiger partial charge in [-0.25, -0.2) is 0 Å². The van der Waals surface area contributed by atoms with Crippen molar-refractivity contribution in [3.8, 4) is 0 Å². The molecule has 1 atom stereocenters. The molecule has 76 valence electrons. The van der Waals surface area contributed by atoms with Crippen molar-refractivity contribution < 1.29 is 9.90 Å². The fourth-order valence-electron chi connectivity index (χ4n) is 1.33. The second kappa shape index (κ2) is 4.05. The maximum atomic E-state index is 10.8. The number of benzene rings is 1. The second-order valence-electron chi connectivity index (χ2n) is 3.83. The lowest BCUT2D eigenvalue weighted by Gasteiger charge is -2.28. The average molecular weight is 210 g/mol. The third-order valence-corrected chi connectivity index (χ3v) is 3.30. The van der Waals surface area contributed by atoms with Gasteiger partial charge >= 0.3 is 5.97 Å². The topological polar surface area (TPSA) is 37.3 Å². The van der Waals surface area contributed by atoms with E-state index in [0.29, 0.717) is 0 Å². The minimum atomic E-state index is -0.887. The van der Waals surface area contributed by atoms with Crippen LogP contribution in [-0.2, 0) is 10.2 Å². The average Bonchev–Trinajstić information content (AvgIpc) is 2.18. The van der Waals surface area contributed by atoms with Crippen molar-refractivity contribution in [3.05, 3.63) is 35.9 Å². The first kappa shape index (κ1) is 11.1. The molecule has 0 radical (unpaired) electrons. The van der Waals surface area contributed by atoms with Gasteiger partial charge in [-0.15, -0.1) is 0 Å². The predicted molar refractivity (Wildman–Crippen MR) is 59.9 cm³/mol. The Morgan fingerprint density at radius 2 is 1.86 bits per heavy atom. The summed E-state index contributed by atoms with van der Waals surface area (Å²) < 4.78 is 0. The van der Waals surface area contributed by atoms with Gasteiger partial charge in [0.05, 0.1) is 0 Å². The molecule has 0 aliphatic carbocycles. The lowest BCUT2D eigenvalue weighted by atomic mass is 9.81. The van der Waals surface area contributed by atoms with Crippen LogP contribution in [0.4, 0.5) is 0 Å². The first-order chi connectivity index (χ1) is 6.46. The Balaban J connectivity index is 3.02. The van der Waals surface area contributed by atoms with E-state index in [0.717, 1.165) is 5.56 Å². The second-order valence-corrected chi connectivity index (χ2v) is 4.34. The first-order valence-corrected chi connectivity index (χ1v) is 4.94. The highest BCUT2D eigenvalue weighted by molar-refractivity contribution is 7.81. The van der Waals surface area contributed by atoms with Crippen LogP contribution in [0.5, 0.6) is 0 Å². The summed E-state index contributed by atoms with van der Waals surface area (Å²) >= 11 is 4.12. The van der Waals surface area contributed by atoms with E-state index in [1.807, 2.05) is 44.2 Å². The molecule has 3 heteroatoms. The first-order valence-electron chi connectivity index (χ1n) is 4.42. The summed E-state index contributed by atoms with van der Waals surface area (Å²) in [6, 6.07) is 9.56. The van der Waals surface area contributed by atoms with E-state index >= 15 is 0 Å². The van der Waals surface area contributed by atoms with Crippen molar-refractivity contribution in [3.63, 3.8) is 0 Å². The molecule has 14 heavy (non-hydrogen) atoms. The van der Waals surface area contributed by atoms with Gasteiger partial charge in [0.25, 0.3) is 0 Å². The molecule has 1 rings (SSSR count). The van der Waals surface area contributed by atoms with Crippen molar-refractivity contribution >= 4 is 18.6 Å². The normalized spacial score (nSPS) is 13.6. The van der Waals surface area contributed by atoms with Gasteiger partial charge in [0, 0.05) is 5.41 Å².